The molecular formula is C16H26NO8RfSi. The summed E-state index contributed by atoms with van der Waals surface area (Å²) in [5.74, 6) is 0.871. The molecule has 0 radical (unpaired) electrons. The Morgan fingerprint density at radius 1 is 1.07 bits per heavy atom. The molecule has 0 saturated heterocycles. The van der Waals surface area contributed by atoms with Gasteiger partial charge in [0.1, 0.15) is 0 Å². The molecule has 149 valence electrons. The Bertz CT molecular complexity index is 592. The number of nitro groups is 1. The van der Waals surface area contributed by atoms with Crippen LogP contribution in [-0.4, -0.2) is 55.9 Å². The molecule has 0 aliphatic heterocycles. The fourth-order valence-electron chi connectivity index (χ4n) is 2.54. The van der Waals surface area contributed by atoms with E-state index in [1.807, 2.05) is 0 Å². The van der Waals surface area contributed by atoms with Gasteiger partial charge in [-0.1, -0.05) is 0 Å². The van der Waals surface area contributed by atoms with Crippen LogP contribution in [0, 0.1) is 10.1 Å². The van der Waals surface area contributed by atoms with E-state index in [-0.39, 0.29) is 12.3 Å². The summed E-state index contributed by atoms with van der Waals surface area (Å²) in [5, 5.41) is 11.3. The number of nitro benzene ring substituents is 1. The van der Waals surface area contributed by atoms with Crippen molar-refractivity contribution in [3.05, 3.63) is 27.8 Å². The van der Waals surface area contributed by atoms with Crippen LogP contribution >= 0.6 is 0 Å². The quantitative estimate of drug-likeness (QED) is 0.131. The molecule has 0 atom stereocenters. The zero-order chi connectivity index (χ0) is 20.3. The second kappa shape index (κ2) is 11.1. The van der Waals surface area contributed by atoms with Crippen molar-refractivity contribution in [2.24, 2.45) is 0 Å². The molecule has 1 rings (SSSR count). The first-order valence-corrected chi connectivity index (χ1v) is 14.9. The van der Waals surface area contributed by atoms with Crippen molar-refractivity contribution in [1.29, 1.82) is 0 Å². The second-order valence-corrected chi connectivity index (χ2v) is 10.5. The number of ether oxygens (including phenoxy) is 3. The normalized spacial score (nSPS) is 11.5. The Hall–Kier alpha value is -2.72. The van der Waals surface area contributed by atoms with Gasteiger partial charge >= 0.3 is 119 Å². The molecule has 1 aromatic rings. The SMILES string of the molecule is COc1cc([N+](=O)[O-])c(COCCCC[Si](OC)(OC)OC)cc1O[CH2][Rf]. The van der Waals surface area contributed by atoms with E-state index in [1.165, 1.54) is 13.2 Å². The van der Waals surface area contributed by atoms with Gasteiger partial charge in [0.25, 0.3) is 0 Å². The summed E-state index contributed by atoms with van der Waals surface area (Å²) in [5.41, 5.74) is 0.428. The van der Waals surface area contributed by atoms with Gasteiger partial charge in [0.05, 0.1) is 0 Å². The van der Waals surface area contributed by atoms with E-state index in [0.717, 1.165) is 12.8 Å². The molecule has 0 bridgehead atoms. The van der Waals surface area contributed by atoms with Crippen LogP contribution in [0.1, 0.15) is 18.4 Å². The van der Waals surface area contributed by atoms with Gasteiger partial charge in [-0.25, -0.2) is 0 Å². The number of methoxy groups -OCH3 is 1. The van der Waals surface area contributed by atoms with Gasteiger partial charge in [-0.3, -0.25) is 0 Å². The van der Waals surface area contributed by atoms with Crippen LogP contribution in [0.15, 0.2) is 12.1 Å². The number of hydrogen-bond donors (Lipinski definition) is 0. The third kappa shape index (κ3) is 6.18. The molecule has 0 fully saturated rings. The van der Waals surface area contributed by atoms with Crippen LogP contribution in [0.2, 0.25) is 6.04 Å². The van der Waals surface area contributed by atoms with Crippen molar-refractivity contribution in [3.63, 3.8) is 0 Å². The Kier molecular flexibility index (Phi) is 9.17. The topological polar surface area (TPSA) is 98.5 Å². The summed E-state index contributed by atoms with van der Waals surface area (Å²) in [6, 6.07) is 3.70. The van der Waals surface area contributed by atoms with Crippen molar-refractivity contribution in [2.75, 3.05) is 42.2 Å². The number of benzene rings is 1. The minimum atomic E-state index is -2.56. The number of unbranched alkanes of at least 4 members (excludes halogenated alkanes) is 1. The van der Waals surface area contributed by atoms with E-state index in [9.17, 15) is 10.1 Å². The number of hydrogen-bond acceptors (Lipinski definition) is 8. The first-order chi connectivity index (χ1) is 13.0. The summed E-state index contributed by atoms with van der Waals surface area (Å²) in [7, 11) is 4.28. The van der Waals surface area contributed by atoms with Crippen molar-refractivity contribution >= 4 is 14.5 Å². The molecule has 9 nitrogen and oxygen atoms in total. The van der Waals surface area contributed by atoms with E-state index in [1.54, 1.807) is 27.4 Å². The fourth-order valence-corrected chi connectivity index (χ4v) is 5.33. The van der Waals surface area contributed by atoms with E-state index in [0.29, 0.717) is 36.8 Å². The number of rotatable bonds is 14. The third-order valence-electron chi connectivity index (χ3n) is 4.03. The molecule has 0 aliphatic rings. The van der Waals surface area contributed by atoms with Crippen LogP contribution in [0.25, 0.3) is 0 Å². The van der Waals surface area contributed by atoms with Crippen LogP contribution in [-0.2, 0) is 24.6 Å². The van der Waals surface area contributed by atoms with Gasteiger partial charge < -0.3 is 13.3 Å². The van der Waals surface area contributed by atoms with E-state index >= 15 is 0 Å². The van der Waals surface area contributed by atoms with Crippen molar-refractivity contribution in [2.45, 2.75) is 25.5 Å². The molecule has 11 heteroatoms. The summed E-state index contributed by atoms with van der Waals surface area (Å²) in [6.07, 6.45) is 1.57. The third-order valence-corrected chi connectivity index (χ3v) is 7.79. The predicted molar refractivity (Wildman–Crippen MR) is 95.6 cm³/mol. The van der Waals surface area contributed by atoms with E-state index in [4.69, 9.17) is 27.5 Å². The molecule has 0 aromatic heterocycles. The summed E-state index contributed by atoms with van der Waals surface area (Å²) < 4.78 is 32.9. The summed E-state index contributed by atoms with van der Waals surface area (Å²) in [4.78, 5) is 10.9. The molecule has 0 heterocycles. The molecule has 0 spiro atoms. The Morgan fingerprint density at radius 2 is 1.74 bits per heavy atom. The maximum atomic E-state index is 11.3. The maximum absolute atomic E-state index is 11.3. The summed E-state index contributed by atoms with van der Waals surface area (Å²) >= 11 is 0. The average molecular weight is 655 g/mol. The molecule has 27 heavy (non-hydrogen) atoms. The van der Waals surface area contributed by atoms with Gasteiger partial charge in [-0.2, -0.15) is 0 Å². The van der Waals surface area contributed by atoms with E-state index in [2.05, 4.69) is 0 Å². The van der Waals surface area contributed by atoms with Crippen LogP contribution < -0.4 is 9.47 Å². The molecule has 0 unspecified atom stereocenters. The number of nitrogens with zero attached hydrogens (tertiary/aromatic N) is 1. The first-order valence-electron chi connectivity index (χ1n) is 8.47. The molecule has 0 amide bonds. The molecule has 0 saturated carbocycles. The fraction of sp³-hybridized carbons (Fsp3) is 0.625. The second-order valence-electron chi connectivity index (χ2n) is 5.54. The predicted octanol–water partition coefficient (Wildman–Crippen LogP) is 2.66. The minimum absolute atomic E-state index is 0.0386. The van der Waals surface area contributed by atoms with Crippen LogP contribution in [0.3, 0.4) is 0 Å². The molecule has 1 aromatic carbocycles. The van der Waals surface area contributed by atoms with E-state index < -0.39 is 13.7 Å². The van der Waals surface area contributed by atoms with Crippen molar-refractivity contribution in [1.82, 2.24) is 0 Å². The van der Waals surface area contributed by atoms with Gasteiger partial charge in [0, 0.05) is 21.3 Å². The van der Waals surface area contributed by atoms with Gasteiger partial charge in [-0.15, -0.1) is 0 Å². The zero-order valence-electron chi connectivity index (χ0n) is 16.3. The molecule has 0 N–H and O–H groups in total. The van der Waals surface area contributed by atoms with Gasteiger partial charge in [0.2, 0.25) is 0 Å². The van der Waals surface area contributed by atoms with Gasteiger partial charge in [0.15, 0.2) is 0 Å². The van der Waals surface area contributed by atoms with Crippen molar-refractivity contribution in [3.8, 4) is 11.5 Å². The standard InChI is InChI=1S/C16H26NO8Si.Rf/c1-20-15-10-13(14(17(18)19)11-16(15)21-2)12-25-8-6-7-9-26(22-3,23-4)24-5;/h10-11H,1,6-9,12H2,2-5H3;. The molecule has 0 aliphatic carbocycles. The Labute approximate surface area is 154 Å². The van der Waals surface area contributed by atoms with Gasteiger partial charge in [-0.05, 0) is 0 Å². The van der Waals surface area contributed by atoms with Crippen molar-refractivity contribution < 1.29 is 32.4 Å². The van der Waals surface area contributed by atoms with Crippen LogP contribution in [0.5, 0.6) is 11.5 Å². The first kappa shape index (κ1) is 22.3. The summed E-state index contributed by atoms with van der Waals surface area (Å²) in [6.45, 7) is 0.593. The average Bonchev–Trinajstić information content (AvgIpc) is 2.68. The van der Waals surface area contributed by atoms with Crippen LogP contribution in [0.4, 0.5) is 5.69 Å². The molecular weight excluding hydrogens is 629 g/mol. The monoisotopic (exact) mass is 655 g/mol. The zero-order valence-corrected chi connectivity index (χ0v) is 23.7. The Morgan fingerprint density at radius 3 is 2.26 bits per heavy atom. The Balaban J connectivity index is 2.63.